The van der Waals surface area contributed by atoms with Crippen molar-refractivity contribution in [1.82, 2.24) is 4.98 Å². The molecule has 9 heteroatoms. The summed E-state index contributed by atoms with van der Waals surface area (Å²) in [5.74, 6) is -3.62. The van der Waals surface area contributed by atoms with E-state index in [0.717, 1.165) is 0 Å². The SMILES string of the molecule is O=C(Nc1cccc(Br)n1)c1cc(F)c(F)cc1[N+](=O)[O-]. The molecule has 0 aliphatic rings. The molecule has 0 bridgehead atoms. The molecule has 0 aliphatic carbocycles. The Hall–Kier alpha value is -2.42. The third-order valence-corrected chi connectivity index (χ3v) is 2.88. The maximum atomic E-state index is 13.2. The number of hydrogen-bond acceptors (Lipinski definition) is 4. The van der Waals surface area contributed by atoms with E-state index in [1.807, 2.05) is 0 Å². The lowest BCUT2D eigenvalue weighted by atomic mass is 10.1. The number of nitro groups is 1. The van der Waals surface area contributed by atoms with E-state index in [1.54, 1.807) is 12.1 Å². The van der Waals surface area contributed by atoms with Crippen molar-refractivity contribution in [1.29, 1.82) is 0 Å². The van der Waals surface area contributed by atoms with Gasteiger partial charge in [-0.05, 0) is 34.1 Å². The van der Waals surface area contributed by atoms with E-state index in [4.69, 9.17) is 0 Å². The summed E-state index contributed by atoms with van der Waals surface area (Å²) in [5, 5.41) is 13.1. The zero-order valence-corrected chi connectivity index (χ0v) is 11.7. The molecule has 0 unspecified atom stereocenters. The lowest BCUT2D eigenvalue weighted by Crippen LogP contribution is -2.15. The number of aromatic nitrogens is 1. The van der Waals surface area contributed by atoms with Gasteiger partial charge in [-0.25, -0.2) is 13.8 Å². The van der Waals surface area contributed by atoms with Gasteiger partial charge in [-0.1, -0.05) is 6.07 Å². The van der Waals surface area contributed by atoms with Gasteiger partial charge in [-0.2, -0.15) is 0 Å². The van der Waals surface area contributed by atoms with E-state index < -0.39 is 33.7 Å². The maximum absolute atomic E-state index is 13.2. The van der Waals surface area contributed by atoms with Gasteiger partial charge in [-0.3, -0.25) is 14.9 Å². The highest BCUT2D eigenvalue weighted by Gasteiger charge is 2.24. The van der Waals surface area contributed by atoms with Crippen LogP contribution < -0.4 is 5.32 Å². The molecular weight excluding hydrogens is 352 g/mol. The largest absolute Gasteiger partial charge is 0.306 e. The summed E-state index contributed by atoms with van der Waals surface area (Å²) in [7, 11) is 0. The molecule has 0 atom stereocenters. The van der Waals surface area contributed by atoms with Crippen molar-refractivity contribution in [2.75, 3.05) is 5.32 Å². The van der Waals surface area contributed by atoms with Crippen LogP contribution in [-0.4, -0.2) is 15.8 Å². The fourth-order valence-electron chi connectivity index (χ4n) is 1.53. The van der Waals surface area contributed by atoms with Crippen LogP contribution in [-0.2, 0) is 0 Å². The number of benzene rings is 1. The van der Waals surface area contributed by atoms with Crippen LogP contribution in [0.3, 0.4) is 0 Å². The highest BCUT2D eigenvalue weighted by Crippen LogP contribution is 2.23. The van der Waals surface area contributed by atoms with E-state index in [2.05, 4.69) is 26.2 Å². The van der Waals surface area contributed by atoms with Crippen molar-refractivity contribution in [2.45, 2.75) is 0 Å². The zero-order valence-electron chi connectivity index (χ0n) is 10.1. The highest BCUT2D eigenvalue weighted by molar-refractivity contribution is 9.10. The van der Waals surface area contributed by atoms with E-state index >= 15 is 0 Å². The predicted molar refractivity (Wildman–Crippen MR) is 72.9 cm³/mol. The Bertz CT molecular complexity index is 740. The average molecular weight is 358 g/mol. The maximum Gasteiger partial charge on any atom is 0.285 e. The van der Waals surface area contributed by atoms with Gasteiger partial charge in [0.15, 0.2) is 11.6 Å². The number of carbonyl (C=O) groups excluding carboxylic acids is 1. The zero-order chi connectivity index (χ0) is 15.6. The normalized spacial score (nSPS) is 10.2. The number of nitro benzene ring substituents is 1. The Morgan fingerprint density at radius 2 is 1.95 bits per heavy atom. The number of nitrogens with one attached hydrogen (secondary N) is 1. The van der Waals surface area contributed by atoms with Gasteiger partial charge in [0, 0.05) is 0 Å². The molecule has 1 aromatic carbocycles. The first kappa shape index (κ1) is 15.0. The second kappa shape index (κ2) is 5.92. The second-order valence-electron chi connectivity index (χ2n) is 3.84. The topological polar surface area (TPSA) is 85.1 Å². The van der Waals surface area contributed by atoms with Crippen LogP contribution >= 0.6 is 15.9 Å². The highest BCUT2D eigenvalue weighted by atomic mass is 79.9. The molecule has 108 valence electrons. The Morgan fingerprint density at radius 3 is 2.57 bits per heavy atom. The summed E-state index contributed by atoms with van der Waals surface area (Å²) in [4.78, 5) is 25.7. The van der Waals surface area contributed by atoms with Gasteiger partial charge in [-0.15, -0.1) is 0 Å². The fraction of sp³-hybridized carbons (Fsp3) is 0. The summed E-state index contributed by atoms with van der Waals surface area (Å²) in [5.41, 5.74) is -1.43. The molecule has 2 aromatic rings. The number of amides is 1. The predicted octanol–water partition coefficient (Wildman–Crippen LogP) is 3.28. The summed E-state index contributed by atoms with van der Waals surface area (Å²) in [6.07, 6.45) is 0. The lowest BCUT2D eigenvalue weighted by Gasteiger charge is -2.06. The van der Waals surface area contributed by atoms with E-state index in [1.165, 1.54) is 6.07 Å². The summed E-state index contributed by atoms with van der Waals surface area (Å²) in [6.45, 7) is 0. The molecule has 0 saturated heterocycles. The molecule has 0 radical (unpaired) electrons. The molecule has 0 spiro atoms. The Morgan fingerprint density at radius 1 is 1.29 bits per heavy atom. The van der Waals surface area contributed by atoms with Crippen molar-refractivity contribution < 1.29 is 18.5 Å². The molecule has 1 N–H and O–H groups in total. The molecule has 1 heterocycles. The van der Waals surface area contributed by atoms with Gasteiger partial charge in [0.1, 0.15) is 16.0 Å². The summed E-state index contributed by atoms with van der Waals surface area (Å²) in [6, 6.07) is 5.45. The average Bonchev–Trinajstić information content (AvgIpc) is 2.41. The Labute approximate surface area is 125 Å². The first-order valence-electron chi connectivity index (χ1n) is 5.46. The second-order valence-corrected chi connectivity index (χ2v) is 4.65. The minimum atomic E-state index is -1.40. The monoisotopic (exact) mass is 357 g/mol. The van der Waals surface area contributed by atoms with Crippen molar-refractivity contribution in [3.63, 3.8) is 0 Å². The third kappa shape index (κ3) is 3.37. The van der Waals surface area contributed by atoms with Crippen LogP contribution in [0.2, 0.25) is 0 Å². The molecule has 6 nitrogen and oxygen atoms in total. The number of pyridine rings is 1. The molecule has 0 fully saturated rings. The van der Waals surface area contributed by atoms with Crippen LogP contribution in [0.25, 0.3) is 0 Å². The molecule has 1 amide bonds. The Balaban J connectivity index is 2.39. The number of hydrogen-bond donors (Lipinski definition) is 1. The van der Waals surface area contributed by atoms with Crippen LogP contribution in [0.1, 0.15) is 10.4 Å². The number of halogens is 3. The van der Waals surface area contributed by atoms with Crippen LogP contribution in [0, 0.1) is 21.7 Å². The van der Waals surface area contributed by atoms with Crippen LogP contribution in [0.5, 0.6) is 0 Å². The summed E-state index contributed by atoms with van der Waals surface area (Å²) < 4.78 is 26.6. The molecular formula is C12H6BrF2N3O3. The first-order valence-corrected chi connectivity index (χ1v) is 6.25. The number of nitrogens with zero attached hydrogens (tertiary/aromatic N) is 2. The van der Waals surface area contributed by atoms with Gasteiger partial charge < -0.3 is 5.32 Å². The standard InChI is InChI=1S/C12H6BrF2N3O3/c13-10-2-1-3-11(16-10)17-12(19)6-4-7(14)8(15)5-9(6)18(20)21/h1-5H,(H,16,17,19). The van der Waals surface area contributed by atoms with E-state index in [0.29, 0.717) is 16.7 Å². The van der Waals surface area contributed by atoms with Gasteiger partial charge >= 0.3 is 0 Å². The third-order valence-electron chi connectivity index (χ3n) is 2.44. The van der Waals surface area contributed by atoms with Gasteiger partial charge in [0.05, 0.1) is 11.0 Å². The van der Waals surface area contributed by atoms with Crippen LogP contribution in [0.15, 0.2) is 34.9 Å². The van der Waals surface area contributed by atoms with E-state index in [-0.39, 0.29) is 5.82 Å². The van der Waals surface area contributed by atoms with Crippen molar-refractivity contribution in [3.8, 4) is 0 Å². The molecule has 2 rings (SSSR count). The molecule has 21 heavy (non-hydrogen) atoms. The first-order chi connectivity index (χ1) is 9.88. The smallest absolute Gasteiger partial charge is 0.285 e. The lowest BCUT2D eigenvalue weighted by molar-refractivity contribution is -0.385. The Kier molecular flexibility index (Phi) is 4.22. The van der Waals surface area contributed by atoms with E-state index in [9.17, 15) is 23.7 Å². The number of anilines is 1. The molecule has 1 aromatic heterocycles. The van der Waals surface area contributed by atoms with Crippen molar-refractivity contribution in [2.24, 2.45) is 0 Å². The minimum Gasteiger partial charge on any atom is -0.306 e. The van der Waals surface area contributed by atoms with Crippen molar-refractivity contribution >= 4 is 33.3 Å². The fourth-order valence-corrected chi connectivity index (χ4v) is 1.87. The van der Waals surface area contributed by atoms with Crippen LogP contribution in [0.4, 0.5) is 20.3 Å². The number of carbonyl (C=O) groups is 1. The summed E-state index contributed by atoms with van der Waals surface area (Å²) >= 11 is 3.09. The quantitative estimate of drug-likeness (QED) is 0.518. The van der Waals surface area contributed by atoms with Crippen molar-refractivity contribution in [3.05, 3.63) is 62.2 Å². The molecule has 0 saturated carbocycles. The number of rotatable bonds is 3. The van der Waals surface area contributed by atoms with Gasteiger partial charge in [0.2, 0.25) is 0 Å². The molecule has 0 aliphatic heterocycles. The van der Waals surface area contributed by atoms with Gasteiger partial charge in [0.25, 0.3) is 11.6 Å². The minimum absolute atomic E-state index is 0.105.